The van der Waals surface area contributed by atoms with Crippen LogP contribution in [0.3, 0.4) is 0 Å². The molecule has 0 spiro atoms. The van der Waals surface area contributed by atoms with Crippen LogP contribution in [0.4, 0.5) is 10.5 Å². The molecule has 0 saturated carbocycles. The van der Waals surface area contributed by atoms with Crippen molar-refractivity contribution in [2.24, 2.45) is 0 Å². The summed E-state index contributed by atoms with van der Waals surface area (Å²) in [5.74, 6) is -0.251. The fraction of sp³-hybridized carbons (Fsp3) is 0.526. The molecule has 0 bridgehead atoms. The Kier molecular flexibility index (Phi) is 5.82. The minimum Gasteiger partial charge on any atom is -0.325 e. The van der Waals surface area contributed by atoms with Gasteiger partial charge in [-0.2, -0.15) is 0 Å². The number of amides is 4. The van der Waals surface area contributed by atoms with Crippen LogP contribution < -0.4 is 10.6 Å². The molecule has 1 saturated heterocycles. The number of nitrogens with one attached hydrogen (secondary N) is 2. The van der Waals surface area contributed by atoms with Crippen molar-refractivity contribution in [3.05, 3.63) is 29.8 Å². The molecule has 2 N–H and O–H groups in total. The van der Waals surface area contributed by atoms with Crippen LogP contribution in [-0.2, 0) is 9.59 Å². The Bertz CT molecular complexity index is 650. The number of imide groups is 1. The van der Waals surface area contributed by atoms with E-state index in [-0.39, 0.29) is 18.4 Å². The van der Waals surface area contributed by atoms with Crippen molar-refractivity contribution < 1.29 is 14.4 Å². The maximum atomic E-state index is 12.5. The zero-order valence-corrected chi connectivity index (χ0v) is 15.4. The van der Waals surface area contributed by atoms with Crippen molar-refractivity contribution in [3.63, 3.8) is 0 Å². The monoisotopic (exact) mass is 345 g/mol. The van der Waals surface area contributed by atoms with E-state index in [0.717, 1.165) is 11.3 Å². The van der Waals surface area contributed by atoms with Gasteiger partial charge in [0.05, 0.1) is 0 Å². The Balaban J connectivity index is 2.01. The second-order valence-electron chi connectivity index (χ2n) is 6.59. The van der Waals surface area contributed by atoms with Crippen LogP contribution in [0.25, 0.3) is 0 Å². The van der Waals surface area contributed by atoms with Crippen LogP contribution in [0, 0.1) is 0 Å². The number of hydrogen-bond donors (Lipinski definition) is 2. The molecule has 2 rings (SSSR count). The first-order valence-corrected chi connectivity index (χ1v) is 8.90. The number of anilines is 1. The molecule has 0 aliphatic carbocycles. The number of benzene rings is 1. The molecule has 1 heterocycles. The topological polar surface area (TPSA) is 78.5 Å². The summed E-state index contributed by atoms with van der Waals surface area (Å²) in [4.78, 5) is 37.8. The SMILES string of the molecule is CC[C@H](C)c1ccc(NC(=O)CN2C(=O)NC(CC)(CC)C2=O)cc1. The van der Waals surface area contributed by atoms with Gasteiger partial charge in [0.15, 0.2) is 0 Å². The van der Waals surface area contributed by atoms with E-state index in [1.807, 2.05) is 38.1 Å². The molecule has 1 fully saturated rings. The lowest BCUT2D eigenvalue weighted by Gasteiger charge is -2.23. The Morgan fingerprint density at radius 3 is 2.24 bits per heavy atom. The average molecular weight is 345 g/mol. The van der Waals surface area contributed by atoms with E-state index in [2.05, 4.69) is 24.5 Å². The highest BCUT2D eigenvalue weighted by atomic mass is 16.2. The normalized spacial score (nSPS) is 17.4. The van der Waals surface area contributed by atoms with Gasteiger partial charge in [0, 0.05) is 5.69 Å². The van der Waals surface area contributed by atoms with Gasteiger partial charge in [0.25, 0.3) is 5.91 Å². The summed E-state index contributed by atoms with van der Waals surface area (Å²) in [7, 11) is 0. The van der Waals surface area contributed by atoms with E-state index >= 15 is 0 Å². The van der Waals surface area contributed by atoms with Crippen LogP contribution >= 0.6 is 0 Å². The van der Waals surface area contributed by atoms with Gasteiger partial charge in [0.1, 0.15) is 12.1 Å². The van der Waals surface area contributed by atoms with Gasteiger partial charge >= 0.3 is 6.03 Å². The van der Waals surface area contributed by atoms with Crippen molar-refractivity contribution in [2.75, 3.05) is 11.9 Å². The third kappa shape index (κ3) is 3.83. The smallest absolute Gasteiger partial charge is 0.325 e. The molecule has 0 aromatic heterocycles. The van der Waals surface area contributed by atoms with Crippen LogP contribution in [0.1, 0.15) is 58.4 Å². The first-order valence-electron chi connectivity index (χ1n) is 8.90. The standard InChI is InChI=1S/C19H27N3O3/c1-5-13(4)14-8-10-15(11-9-14)20-16(23)12-22-17(24)19(6-2,7-3)21-18(22)25/h8-11,13H,5-7,12H2,1-4H3,(H,20,23)(H,21,25)/t13-/m0/s1. The molecule has 1 aliphatic rings. The molecule has 25 heavy (non-hydrogen) atoms. The van der Waals surface area contributed by atoms with E-state index in [1.165, 1.54) is 5.56 Å². The molecular weight excluding hydrogens is 318 g/mol. The summed E-state index contributed by atoms with van der Waals surface area (Å²) in [5.41, 5.74) is 0.988. The lowest BCUT2D eigenvalue weighted by molar-refractivity contribution is -0.134. The van der Waals surface area contributed by atoms with Crippen molar-refractivity contribution in [2.45, 2.75) is 58.4 Å². The van der Waals surface area contributed by atoms with Crippen molar-refractivity contribution in [3.8, 4) is 0 Å². The number of rotatable bonds is 7. The van der Waals surface area contributed by atoms with Gasteiger partial charge in [-0.05, 0) is 42.9 Å². The Morgan fingerprint density at radius 2 is 1.76 bits per heavy atom. The summed E-state index contributed by atoms with van der Waals surface area (Å²) in [6, 6.07) is 7.14. The summed E-state index contributed by atoms with van der Waals surface area (Å²) in [6.07, 6.45) is 2.06. The van der Waals surface area contributed by atoms with Gasteiger partial charge in [-0.15, -0.1) is 0 Å². The Labute approximate surface area is 149 Å². The summed E-state index contributed by atoms with van der Waals surface area (Å²) in [6.45, 7) is 7.71. The second-order valence-corrected chi connectivity index (χ2v) is 6.59. The lowest BCUT2D eigenvalue weighted by atomic mass is 9.93. The van der Waals surface area contributed by atoms with Gasteiger partial charge < -0.3 is 10.6 Å². The predicted octanol–water partition coefficient (Wildman–Crippen LogP) is 3.25. The third-order valence-electron chi connectivity index (χ3n) is 5.13. The summed E-state index contributed by atoms with van der Waals surface area (Å²) in [5, 5.41) is 5.46. The quantitative estimate of drug-likeness (QED) is 0.745. The van der Waals surface area contributed by atoms with Gasteiger partial charge in [-0.25, -0.2) is 4.79 Å². The average Bonchev–Trinajstić information content (AvgIpc) is 2.86. The number of nitrogens with zero attached hydrogens (tertiary/aromatic N) is 1. The van der Waals surface area contributed by atoms with E-state index in [1.54, 1.807) is 0 Å². The first kappa shape index (κ1) is 19.0. The molecule has 1 aromatic carbocycles. The van der Waals surface area contributed by atoms with Crippen LogP contribution in [0.2, 0.25) is 0 Å². The largest absolute Gasteiger partial charge is 0.325 e. The first-order chi connectivity index (χ1) is 11.9. The van der Waals surface area contributed by atoms with Crippen LogP contribution in [0.15, 0.2) is 24.3 Å². The molecule has 1 aromatic rings. The minimum atomic E-state index is -0.880. The Hall–Kier alpha value is -2.37. The van der Waals surface area contributed by atoms with Crippen LogP contribution in [0.5, 0.6) is 0 Å². The second kappa shape index (κ2) is 7.68. The number of carbonyl (C=O) groups excluding carboxylic acids is 3. The lowest BCUT2D eigenvalue weighted by Crippen LogP contribution is -2.46. The molecule has 136 valence electrons. The van der Waals surface area contributed by atoms with E-state index < -0.39 is 11.6 Å². The van der Waals surface area contributed by atoms with Crippen molar-refractivity contribution >= 4 is 23.5 Å². The van der Waals surface area contributed by atoms with Gasteiger partial charge in [-0.1, -0.05) is 39.8 Å². The number of hydrogen-bond acceptors (Lipinski definition) is 3. The highest BCUT2D eigenvalue weighted by Crippen LogP contribution is 2.25. The highest BCUT2D eigenvalue weighted by Gasteiger charge is 2.49. The predicted molar refractivity (Wildman–Crippen MR) is 97.3 cm³/mol. The van der Waals surface area contributed by atoms with E-state index in [9.17, 15) is 14.4 Å². The van der Waals surface area contributed by atoms with Crippen LogP contribution in [-0.4, -0.2) is 34.8 Å². The summed E-state index contributed by atoms with van der Waals surface area (Å²) >= 11 is 0. The zero-order valence-electron chi connectivity index (χ0n) is 15.4. The molecule has 6 heteroatoms. The maximum Gasteiger partial charge on any atom is 0.325 e. The molecule has 1 atom stereocenters. The molecule has 1 aliphatic heterocycles. The fourth-order valence-corrected chi connectivity index (χ4v) is 3.02. The molecule has 0 radical (unpaired) electrons. The highest BCUT2D eigenvalue weighted by molar-refractivity contribution is 6.10. The van der Waals surface area contributed by atoms with Gasteiger partial charge in [-0.3, -0.25) is 14.5 Å². The van der Waals surface area contributed by atoms with Crippen molar-refractivity contribution in [1.82, 2.24) is 10.2 Å². The molecule has 6 nitrogen and oxygen atoms in total. The zero-order chi connectivity index (χ0) is 18.6. The van der Waals surface area contributed by atoms with E-state index in [0.29, 0.717) is 24.4 Å². The number of urea groups is 1. The van der Waals surface area contributed by atoms with Gasteiger partial charge in [0.2, 0.25) is 5.91 Å². The fourth-order valence-electron chi connectivity index (χ4n) is 3.02. The van der Waals surface area contributed by atoms with Crippen molar-refractivity contribution in [1.29, 1.82) is 0 Å². The minimum absolute atomic E-state index is 0.278. The third-order valence-corrected chi connectivity index (χ3v) is 5.13. The Morgan fingerprint density at radius 1 is 1.16 bits per heavy atom. The van der Waals surface area contributed by atoms with E-state index in [4.69, 9.17) is 0 Å². The summed E-state index contributed by atoms with van der Waals surface area (Å²) < 4.78 is 0. The molecule has 4 amide bonds. The maximum absolute atomic E-state index is 12.5. The number of carbonyl (C=O) groups is 3. The molecule has 0 unspecified atom stereocenters. The molecular formula is C19H27N3O3.